The molecule has 0 bridgehead atoms. The fraction of sp³-hybridized carbons (Fsp3) is 0. The number of allylic oxidation sites excluding steroid dienone is 1. The highest BCUT2D eigenvalue weighted by molar-refractivity contribution is 6.32. The minimum Gasteiger partial charge on any atom is -0.504 e. The zero-order valence-electron chi connectivity index (χ0n) is 9.71. The van der Waals surface area contributed by atoms with Gasteiger partial charge >= 0.3 is 0 Å². The van der Waals surface area contributed by atoms with E-state index < -0.39 is 0 Å². The smallest absolute Gasteiger partial charge is 0.176 e. The largest absolute Gasteiger partial charge is 0.504 e. The van der Waals surface area contributed by atoms with Crippen molar-refractivity contribution in [2.45, 2.75) is 0 Å². The molecule has 5 heteroatoms. The molecular formula is C14H9ClN2O2. The van der Waals surface area contributed by atoms with E-state index in [4.69, 9.17) is 16.9 Å². The zero-order valence-corrected chi connectivity index (χ0v) is 10.5. The van der Waals surface area contributed by atoms with Crippen LogP contribution in [0, 0.1) is 11.3 Å². The van der Waals surface area contributed by atoms with Crippen LogP contribution in [-0.2, 0) is 0 Å². The van der Waals surface area contributed by atoms with Crippen LogP contribution in [-0.4, -0.2) is 15.2 Å². The lowest BCUT2D eigenvalue weighted by Gasteiger charge is -2.03. The summed E-state index contributed by atoms with van der Waals surface area (Å²) < 4.78 is 0. The van der Waals surface area contributed by atoms with E-state index in [0.29, 0.717) is 16.8 Å². The Bertz CT molecular complexity index is 653. The number of aromatic nitrogens is 1. The van der Waals surface area contributed by atoms with Crippen molar-refractivity contribution in [3.63, 3.8) is 0 Å². The molecule has 0 atom stereocenters. The van der Waals surface area contributed by atoms with Crippen LogP contribution in [0.2, 0.25) is 5.02 Å². The molecule has 19 heavy (non-hydrogen) atoms. The van der Waals surface area contributed by atoms with E-state index in [-0.39, 0.29) is 16.5 Å². The summed E-state index contributed by atoms with van der Waals surface area (Å²) in [7, 11) is 0. The lowest BCUT2D eigenvalue weighted by molar-refractivity contribution is 0.404. The molecule has 1 aromatic heterocycles. The van der Waals surface area contributed by atoms with Gasteiger partial charge in [0.1, 0.15) is 6.07 Å². The predicted molar refractivity (Wildman–Crippen MR) is 72.5 cm³/mol. The minimum absolute atomic E-state index is 0.0181. The Morgan fingerprint density at radius 2 is 2.11 bits per heavy atom. The molecule has 94 valence electrons. The van der Waals surface area contributed by atoms with Gasteiger partial charge in [0.25, 0.3) is 0 Å². The van der Waals surface area contributed by atoms with E-state index in [1.54, 1.807) is 24.4 Å². The molecule has 1 heterocycles. The highest BCUT2D eigenvalue weighted by atomic mass is 35.5. The average Bonchev–Trinajstić information content (AvgIpc) is 2.43. The van der Waals surface area contributed by atoms with Crippen LogP contribution in [0.15, 0.2) is 36.5 Å². The number of nitrogens with zero attached hydrogens (tertiary/aromatic N) is 2. The Morgan fingerprint density at radius 1 is 1.32 bits per heavy atom. The molecule has 4 nitrogen and oxygen atoms in total. The molecule has 0 aliphatic carbocycles. The quantitative estimate of drug-likeness (QED) is 0.650. The molecule has 0 spiro atoms. The summed E-state index contributed by atoms with van der Waals surface area (Å²) in [6.07, 6.45) is 3.12. The molecule has 0 amide bonds. The van der Waals surface area contributed by atoms with Gasteiger partial charge in [-0.25, -0.2) is 0 Å². The number of halogens is 1. The molecule has 0 saturated carbocycles. The van der Waals surface area contributed by atoms with E-state index in [9.17, 15) is 10.2 Å². The molecule has 0 aliphatic rings. The lowest BCUT2D eigenvalue weighted by Crippen LogP contribution is -1.86. The minimum atomic E-state index is -0.379. The Balaban J connectivity index is 2.48. The van der Waals surface area contributed by atoms with Gasteiger partial charge in [-0.05, 0) is 35.9 Å². The van der Waals surface area contributed by atoms with Gasteiger partial charge < -0.3 is 10.2 Å². The van der Waals surface area contributed by atoms with Gasteiger partial charge in [0.05, 0.1) is 16.3 Å². The number of nitriles is 1. The number of hydrogen-bond donors (Lipinski definition) is 2. The standard InChI is InChI=1S/C14H9ClN2O2/c15-11-6-9(7-13(18)14(11)19)5-10(8-16)12-3-1-2-4-17-12/h1-7,18-19H. The maximum Gasteiger partial charge on any atom is 0.176 e. The summed E-state index contributed by atoms with van der Waals surface area (Å²) in [5.41, 5.74) is 1.36. The van der Waals surface area contributed by atoms with Crippen LogP contribution >= 0.6 is 11.6 Å². The summed E-state index contributed by atoms with van der Waals surface area (Å²) in [6, 6.07) is 10.0. The lowest BCUT2D eigenvalue weighted by atomic mass is 10.1. The summed E-state index contributed by atoms with van der Waals surface area (Å²) in [6.45, 7) is 0. The van der Waals surface area contributed by atoms with E-state index in [1.807, 2.05) is 6.07 Å². The first-order valence-electron chi connectivity index (χ1n) is 5.36. The summed E-state index contributed by atoms with van der Waals surface area (Å²) >= 11 is 5.75. The molecule has 0 saturated heterocycles. The fourth-order valence-electron chi connectivity index (χ4n) is 1.54. The number of rotatable bonds is 2. The molecule has 0 unspecified atom stereocenters. The Kier molecular flexibility index (Phi) is 3.69. The molecule has 2 N–H and O–H groups in total. The van der Waals surface area contributed by atoms with Crippen molar-refractivity contribution in [1.29, 1.82) is 5.26 Å². The van der Waals surface area contributed by atoms with Gasteiger partial charge in [0.2, 0.25) is 0 Å². The van der Waals surface area contributed by atoms with Crippen molar-refractivity contribution in [3.8, 4) is 17.6 Å². The van der Waals surface area contributed by atoms with Crippen LogP contribution in [0.1, 0.15) is 11.3 Å². The van der Waals surface area contributed by atoms with Crippen LogP contribution in [0.3, 0.4) is 0 Å². The third-order valence-corrected chi connectivity index (χ3v) is 2.73. The van der Waals surface area contributed by atoms with Crippen LogP contribution in [0.5, 0.6) is 11.5 Å². The van der Waals surface area contributed by atoms with Gasteiger partial charge in [-0.3, -0.25) is 4.98 Å². The second-order valence-corrected chi connectivity index (χ2v) is 4.16. The zero-order chi connectivity index (χ0) is 13.8. The van der Waals surface area contributed by atoms with Crippen molar-refractivity contribution in [3.05, 3.63) is 52.8 Å². The second-order valence-electron chi connectivity index (χ2n) is 3.76. The topological polar surface area (TPSA) is 77.1 Å². The maximum absolute atomic E-state index is 9.47. The first-order valence-corrected chi connectivity index (χ1v) is 5.74. The van der Waals surface area contributed by atoms with Crippen LogP contribution in [0.4, 0.5) is 0 Å². The van der Waals surface area contributed by atoms with Crippen LogP contribution in [0.25, 0.3) is 11.6 Å². The van der Waals surface area contributed by atoms with Gasteiger partial charge in [0.15, 0.2) is 11.5 Å². The van der Waals surface area contributed by atoms with E-state index in [0.717, 1.165) is 0 Å². The van der Waals surface area contributed by atoms with Crippen molar-refractivity contribution in [1.82, 2.24) is 4.98 Å². The number of aromatic hydroxyl groups is 2. The van der Waals surface area contributed by atoms with Crippen molar-refractivity contribution >= 4 is 23.3 Å². The molecule has 0 aliphatic heterocycles. The first-order chi connectivity index (χ1) is 9.11. The van der Waals surface area contributed by atoms with E-state index in [1.165, 1.54) is 18.2 Å². The molecule has 2 aromatic rings. The highest BCUT2D eigenvalue weighted by Gasteiger charge is 2.08. The normalized spacial score (nSPS) is 11.1. The summed E-state index contributed by atoms with van der Waals surface area (Å²) in [5.74, 6) is -0.716. The first kappa shape index (κ1) is 12.9. The Morgan fingerprint density at radius 3 is 2.68 bits per heavy atom. The number of hydrogen-bond acceptors (Lipinski definition) is 4. The van der Waals surface area contributed by atoms with E-state index >= 15 is 0 Å². The van der Waals surface area contributed by atoms with Gasteiger partial charge in [-0.1, -0.05) is 17.7 Å². The highest BCUT2D eigenvalue weighted by Crippen LogP contribution is 2.35. The van der Waals surface area contributed by atoms with Gasteiger partial charge in [0, 0.05) is 6.20 Å². The van der Waals surface area contributed by atoms with Crippen LogP contribution < -0.4 is 0 Å². The van der Waals surface area contributed by atoms with E-state index in [2.05, 4.69) is 4.98 Å². The SMILES string of the molecule is N#CC(=Cc1cc(O)c(O)c(Cl)c1)c1ccccn1. The predicted octanol–water partition coefficient (Wildman–Crippen LogP) is 3.21. The molecule has 0 fully saturated rings. The molecular weight excluding hydrogens is 264 g/mol. The number of pyridine rings is 1. The second kappa shape index (κ2) is 5.42. The number of phenolic OH excluding ortho intramolecular Hbond substituents is 2. The van der Waals surface area contributed by atoms with Crippen molar-refractivity contribution in [2.24, 2.45) is 0 Å². The third kappa shape index (κ3) is 2.84. The van der Waals surface area contributed by atoms with Gasteiger partial charge in [-0.2, -0.15) is 5.26 Å². The van der Waals surface area contributed by atoms with Crippen molar-refractivity contribution < 1.29 is 10.2 Å². The molecule has 1 aromatic carbocycles. The summed E-state index contributed by atoms with van der Waals surface area (Å²) in [4.78, 5) is 4.07. The summed E-state index contributed by atoms with van der Waals surface area (Å²) in [5, 5.41) is 28.0. The molecule has 2 rings (SSSR count). The fourth-order valence-corrected chi connectivity index (χ4v) is 1.76. The number of benzene rings is 1. The van der Waals surface area contributed by atoms with Gasteiger partial charge in [-0.15, -0.1) is 0 Å². The third-order valence-electron chi connectivity index (χ3n) is 2.44. The van der Waals surface area contributed by atoms with Crippen molar-refractivity contribution in [2.75, 3.05) is 0 Å². The average molecular weight is 273 g/mol. The Hall–Kier alpha value is -2.51. The molecule has 0 radical (unpaired) electrons. The maximum atomic E-state index is 9.47. The monoisotopic (exact) mass is 272 g/mol. The Labute approximate surface area is 114 Å². The number of phenols is 2.